The number of aryl methyl sites for hydroxylation is 2. The molecule has 2 atom stereocenters. The van der Waals surface area contributed by atoms with E-state index < -0.39 is 0 Å². The normalized spacial score (nSPS) is 26.3. The van der Waals surface area contributed by atoms with E-state index in [9.17, 15) is 4.79 Å². The second-order valence-electron chi connectivity index (χ2n) is 5.26. The maximum absolute atomic E-state index is 12.2. The lowest BCUT2D eigenvalue weighted by Crippen LogP contribution is -2.29. The summed E-state index contributed by atoms with van der Waals surface area (Å²) in [4.78, 5) is 18.1. The number of carbonyl (C=O) groups excluding carboxylic acids is 1. The third-order valence-electron chi connectivity index (χ3n) is 4.12. The highest BCUT2D eigenvalue weighted by Gasteiger charge is 2.32. The molecular weight excluding hydrogens is 246 g/mol. The summed E-state index contributed by atoms with van der Waals surface area (Å²) in [6.07, 6.45) is 6.57. The van der Waals surface area contributed by atoms with Gasteiger partial charge >= 0.3 is 0 Å². The molecule has 1 saturated carbocycles. The third kappa shape index (κ3) is 2.17. The minimum atomic E-state index is 0.0914. The van der Waals surface area contributed by atoms with Crippen LogP contribution in [0, 0.1) is 11.8 Å². The summed E-state index contributed by atoms with van der Waals surface area (Å²) in [6.45, 7) is 0.618. The van der Waals surface area contributed by atoms with Crippen molar-refractivity contribution in [2.75, 3.05) is 11.9 Å². The van der Waals surface area contributed by atoms with Crippen molar-refractivity contribution in [3.05, 3.63) is 10.6 Å². The topological polar surface area (TPSA) is 68.0 Å². The number of aromatic nitrogens is 1. The molecule has 98 valence electrons. The Hall–Kier alpha value is -0.940. The molecule has 0 bridgehead atoms. The van der Waals surface area contributed by atoms with Crippen LogP contribution >= 0.6 is 11.3 Å². The van der Waals surface area contributed by atoms with Gasteiger partial charge in [-0.25, -0.2) is 4.98 Å². The monoisotopic (exact) mass is 265 g/mol. The van der Waals surface area contributed by atoms with Crippen LogP contribution in [0.3, 0.4) is 0 Å². The van der Waals surface area contributed by atoms with Crippen LogP contribution in [-0.2, 0) is 17.6 Å². The molecule has 5 heteroatoms. The van der Waals surface area contributed by atoms with Gasteiger partial charge in [-0.15, -0.1) is 11.3 Å². The number of anilines is 1. The van der Waals surface area contributed by atoms with Gasteiger partial charge in [0.15, 0.2) is 5.13 Å². The van der Waals surface area contributed by atoms with Crippen LogP contribution < -0.4 is 11.1 Å². The number of nitrogens with zero attached hydrogens (tertiary/aromatic N) is 1. The number of thiazole rings is 1. The standard InChI is InChI=1S/C13H19N3OS/c14-7-8-3-1-4-9(8)12(17)16-13-15-10-5-2-6-11(10)18-13/h8-9H,1-7,14H2,(H,15,16,17). The molecule has 2 aliphatic rings. The summed E-state index contributed by atoms with van der Waals surface area (Å²) < 4.78 is 0. The van der Waals surface area contributed by atoms with E-state index in [0.717, 1.165) is 37.2 Å². The zero-order valence-electron chi connectivity index (χ0n) is 10.4. The first kappa shape index (κ1) is 12.1. The van der Waals surface area contributed by atoms with Crippen LogP contribution in [0.25, 0.3) is 0 Å². The van der Waals surface area contributed by atoms with Crippen LogP contribution in [0.2, 0.25) is 0 Å². The molecule has 3 rings (SSSR count). The first-order chi connectivity index (χ1) is 8.78. The molecule has 0 aliphatic heterocycles. The Balaban J connectivity index is 1.66. The fraction of sp³-hybridized carbons (Fsp3) is 0.692. The average molecular weight is 265 g/mol. The zero-order valence-corrected chi connectivity index (χ0v) is 11.3. The van der Waals surface area contributed by atoms with Gasteiger partial charge in [0.25, 0.3) is 0 Å². The number of rotatable bonds is 3. The van der Waals surface area contributed by atoms with Crippen molar-refractivity contribution in [3.63, 3.8) is 0 Å². The molecule has 1 heterocycles. The van der Waals surface area contributed by atoms with Crippen molar-refractivity contribution in [2.45, 2.75) is 38.5 Å². The van der Waals surface area contributed by atoms with Gasteiger partial charge in [0.2, 0.25) is 5.91 Å². The number of fused-ring (bicyclic) bond motifs is 1. The predicted molar refractivity (Wildman–Crippen MR) is 72.7 cm³/mol. The van der Waals surface area contributed by atoms with E-state index in [4.69, 9.17) is 5.73 Å². The Labute approximate surface area is 111 Å². The first-order valence-electron chi connectivity index (χ1n) is 6.77. The van der Waals surface area contributed by atoms with E-state index in [1.54, 1.807) is 11.3 Å². The van der Waals surface area contributed by atoms with Gasteiger partial charge in [0, 0.05) is 10.8 Å². The summed E-state index contributed by atoms with van der Waals surface area (Å²) in [6, 6.07) is 0. The molecule has 0 spiro atoms. The van der Waals surface area contributed by atoms with Crippen LogP contribution in [0.5, 0.6) is 0 Å². The number of amides is 1. The fourth-order valence-electron chi connectivity index (χ4n) is 3.11. The molecule has 0 saturated heterocycles. The molecule has 2 unspecified atom stereocenters. The van der Waals surface area contributed by atoms with Gasteiger partial charge in [-0.2, -0.15) is 0 Å². The van der Waals surface area contributed by atoms with Crippen LogP contribution in [-0.4, -0.2) is 17.4 Å². The zero-order chi connectivity index (χ0) is 12.5. The van der Waals surface area contributed by atoms with Crippen LogP contribution in [0.15, 0.2) is 0 Å². The van der Waals surface area contributed by atoms with Crippen molar-refractivity contribution >= 4 is 22.4 Å². The van der Waals surface area contributed by atoms with Crippen LogP contribution in [0.1, 0.15) is 36.3 Å². The molecule has 0 aromatic carbocycles. The fourth-order valence-corrected chi connectivity index (χ4v) is 4.16. The van der Waals surface area contributed by atoms with Gasteiger partial charge in [-0.05, 0) is 44.6 Å². The maximum Gasteiger partial charge on any atom is 0.229 e. The molecule has 1 aromatic rings. The largest absolute Gasteiger partial charge is 0.330 e. The van der Waals surface area contributed by atoms with Crippen molar-refractivity contribution in [2.24, 2.45) is 17.6 Å². The number of hydrogen-bond acceptors (Lipinski definition) is 4. The lowest BCUT2D eigenvalue weighted by atomic mass is 9.95. The van der Waals surface area contributed by atoms with E-state index in [-0.39, 0.29) is 11.8 Å². The summed E-state index contributed by atoms with van der Waals surface area (Å²) in [5.74, 6) is 0.570. The number of nitrogens with one attached hydrogen (secondary N) is 1. The number of hydrogen-bond donors (Lipinski definition) is 2. The molecule has 2 aliphatic carbocycles. The Morgan fingerprint density at radius 1 is 1.39 bits per heavy atom. The van der Waals surface area contributed by atoms with Crippen LogP contribution in [0.4, 0.5) is 5.13 Å². The second-order valence-corrected chi connectivity index (χ2v) is 6.35. The molecule has 1 amide bonds. The Morgan fingerprint density at radius 3 is 3.06 bits per heavy atom. The molecule has 18 heavy (non-hydrogen) atoms. The summed E-state index contributed by atoms with van der Waals surface area (Å²) in [5.41, 5.74) is 6.91. The predicted octanol–water partition coefficient (Wildman–Crippen LogP) is 1.95. The summed E-state index contributed by atoms with van der Waals surface area (Å²) >= 11 is 1.64. The lowest BCUT2D eigenvalue weighted by molar-refractivity contribution is -0.120. The van der Waals surface area contributed by atoms with E-state index in [0.29, 0.717) is 12.5 Å². The van der Waals surface area contributed by atoms with Gasteiger partial charge in [0.1, 0.15) is 0 Å². The Bertz CT molecular complexity index is 436. The first-order valence-corrected chi connectivity index (χ1v) is 7.59. The minimum Gasteiger partial charge on any atom is -0.330 e. The van der Waals surface area contributed by atoms with Crippen molar-refractivity contribution < 1.29 is 4.79 Å². The smallest absolute Gasteiger partial charge is 0.229 e. The molecule has 3 N–H and O–H groups in total. The Morgan fingerprint density at radius 2 is 2.28 bits per heavy atom. The second kappa shape index (κ2) is 4.97. The van der Waals surface area contributed by atoms with Crippen molar-refractivity contribution in [1.82, 2.24) is 4.98 Å². The molecule has 0 radical (unpaired) electrons. The SMILES string of the molecule is NCC1CCCC1C(=O)Nc1nc2c(s1)CCC2. The van der Waals surface area contributed by atoms with Gasteiger partial charge in [-0.3, -0.25) is 4.79 Å². The van der Waals surface area contributed by atoms with E-state index in [1.807, 2.05) is 0 Å². The number of carbonyl (C=O) groups is 1. The number of nitrogens with two attached hydrogens (primary N) is 1. The van der Waals surface area contributed by atoms with E-state index >= 15 is 0 Å². The van der Waals surface area contributed by atoms with Gasteiger partial charge in [0.05, 0.1) is 5.69 Å². The van der Waals surface area contributed by atoms with Crippen molar-refractivity contribution in [3.8, 4) is 0 Å². The quantitative estimate of drug-likeness (QED) is 0.877. The molecule has 1 fully saturated rings. The van der Waals surface area contributed by atoms with Crippen molar-refractivity contribution in [1.29, 1.82) is 0 Å². The third-order valence-corrected chi connectivity index (χ3v) is 5.20. The molecular formula is C13H19N3OS. The minimum absolute atomic E-state index is 0.0914. The molecule has 4 nitrogen and oxygen atoms in total. The highest BCUT2D eigenvalue weighted by molar-refractivity contribution is 7.15. The van der Waals surface area contributed by atoms with E-state index in [1.165, 1.54) is 17.0 Å². The molecule has 1 aromatic heterocycles. The lowest BCUT2D eigenvalue weighted by Gasteiger charge is -2.16. The highest BCUT2D eigenvalue weighted by Crippen LogP contribution is 2.34. The van der Waals surface area contributed by atoms with Gasteiger partial charge in [-0.1, -0.05) is 6.42 Å². The average Bonchev–Trinajstić information content (AvgIpc) is 3.02. The summed E-state index contributed by atoms with van der Waals surface area (Å²) in [7, 11) is 0. The van der Waals surface area contributed by atoms with E-state index in [2.05, 4.69) is 10.3 Å². The summed E-state index contributed by atoms with van der Waals surface area (Å²) in [5, 5.41) is 3.78. The van der Waals surface area contributed by atoms with Gasteiger partial charge < -0.3 is 11.1 Å². The Kier molecular flexibility index (Phi) is 3.35. The maximum atomic E-state index is 12.2. The highest BCUT2D eigenvalue weighted by atomic mass is 32.1.